The van der Waals surface area contributed by atoms with Gasteiger partial charge in [-0.25, -0.2) is 0 Å². The van der Waals surface area contributed by atoms with Crippen molar-refractivity contribution in [1.29, 1.82) is 0 Å². The molecule has 1 aliphatic rings. The monoisotopic (exact) mass is 212 g/mol. The van der Waals surface area contributed by atoms with Crippen LogP contribution >= 0.6 is 0 Å². The van der Waals surface area contributed by atoms with Gasteiger partial charge in [0.1, 0.15) is 0 Å². The van der Waals surface area contributed by atoms with E-state index in [9.17, 15) is 0 Å². The molecule has 1 saturated carbocycles. The zero-order valence-electron chi connectivity index (χ0n) is 10.6. The molecule has 1 rings (SSSR count). The summed E-state index contributed by atoms with van der Waals surface area (Å²) in [6.07, 6.45) is 12.7. The summed E-state index contributed by atoms with van der Waals surface area (Å²) < 4.78 is 5.92. The Balaban J connectivity index is 1.94. The molecule has 0 saturated heterocycles. The highest BCUT2D eigenvalue weighted by molar-refractivity contribution is 4.71. The Morgan fingerprint density at radius 3 is 2.27 bits per heavy atom. The number of ether oxygens (including phenoxy) is 1. The lowest BCUT2D eigenvalue weighted by molar-refractivity contribution is 0.0158. The lowest BCUT2D eigenvalue weighted by atomic mass is 9.86. The maximum atomic E-state index is 5.92. The summed E-state index contributed by atoms with van der Waals surface area (Å²) in [6, 6.07) is 0. The Bertz CT molecular complexity index is 136. The van der Waals surface area contributed by atoms with Crippen molar-refractivity contribution in [2.45, 2.75) is 77.7 Å². The number of rotatable bonds is 7. The molecule has 0 aromatic carbocycles. The minimum atomic E-state index is 0.592. The molecule has 0 aliphatic heterocycles. The smallest absolute Gasteiger partial charge is 0.0575 e. The molecule has 1 nitrogen and oxygen atoms in total. The van der Waals surface area contributed by atoms with E-state index in [-0.39, 0.29) is 0 Å². The Labute approximate surface area is 95.6 Å². The van der Waals surface area contributed by atoms with Crippen molar-refractivity contribution in [1.82, 2.24) is 0 Å². The van der Waals surface area contributed by atoms with E-state index in [1.54, 1.807) is 0 Å². The van der Waals surface area contributed by atoms with Crippen molar-refractivity contribution in [3.63, 3.8) is 0 Å². The standard InChI is InChI=1S/C14H28O/c1-3-5-6-7-12-15-14-10-8-13(4-2)9-11-14/h13-14H,3-12H2,1-2H3. The Hall–Kier alpha value is -0.0400. The lowest BCUT2D eigenvalue weighted by Gasteiger charge is -2.27. The van der Waals surface area contributed by atoms with E-state index in [1.807, 2.05) is 0 Å². The average molecular weight is 212 g/mol. The summed E-state index contributed by atoms with van der Waals surface area (Å²) >= 11 is 0. The molecule has 15 heavy (non-hydrogen) atoms. The molecule has 0 spiro atoms. The largest absolute Gasteiger partial charge is 0.378 e. The number of hydrogen-bond acceptors (Lipinski definition) is 1. The summed E-state index contributed by atoms with van der Waals surface area (Å²) in [5.74, 6) is 0.991. The van der Waals surface area contributed by atoms with Crippen LogP contribution in [0.4, 0.5) is 0 Å². The van der Waals surface area contributed by atoms with Crippen molar-refractivity contribution >= 4 is 0 Å². The maximum absolute atomic E-state index is 5.92. The van der Waals surface area contributed by atoms with Gasteiger partial charge in [0.2, 0.25) is 0 Å². The van der Waals surface area contributed by atoms with Crippen LogP contribution in [-0.2, 0) is 4.74 Å². The lowest BCUT2D eigenvalue weighted by Crippen LogP contribution is -2.21. The molecule has 1 aliphatic carbocycles. The van der Waals surface area contributed by atoms with Crippen molar-refractivity contribution in [3.8, 4) is 0 Å². The third-order valence-corrected chi connectivity index (χ3v) is 3.72. The van der Waals surface area contributed by atoms with E-state index in [0.29, 0.717) is 6.10 Å². The molecule has 0 heterocycles. The second-order valence-corrected chi connectivity index (χ2v) is 4.98. The van der Waals surface area contributed by atoms with Gasteiger partial charge < -0.3 is 4.74 Å². The summed E-state index contributed by atoms with van der Waals surface area (Å²) in [7, 11) is 0. The summed E-state index contributed by atoms with van der Waals surface area (Å²) in [5.41, 5.74) is 0. The molecule has 0 amide bonds. The first-order valence-electron chi connectivity index (χ1n) is 6.98. The average Bonchev–Trinajstić information content (AvgIpc) is 2.30. The molecular weight excluding hydrogens is 184 g/mol. The SMILES string of the molecule is CCCCCCOC1CCC(CC)CC1. The van der Waals surface area contributed by atoms with E-state index in [4.69, 9.17) is 4.74 Å². The van der Waals surface area contributed by atoms with Crippen LogP contribution in [0.15, 0.2) is 0 Å². The van der Waals surface area contributed by atoms with Crippen LogP contribution in [0, 0.1) is 5.92 Å². The van der Waals surface area contributed by atoms with Crippen molar-refractivity contribution in [3.05, 3.63) is 0 Å². The second-order valence-electron chi connectivity index (χ2n) is 4.98. The third-order valence-electron chi connectivity index (χ3n) is 3.72. The first-order chi connectivity index (χ1) is 7.36. The van der Waals surface area contributed by atoms with Gasteiger partial charge in [-0.2, -0.15) is 0 Å². The highest BCUT2D eigenvalue weighted by Gasteiger charge is 2.19. The molecule has 0 bridgehead atoms. The van der Waals surface area contributed by atoms with Gasteiger partial charge >= 0.3 is 0 Å². The predicted molar refractivity (Wildman–Crippen MR) is 66.1 cm³/mol. The van der Waals surface area contributed by atoms with Crippen LogP contribution in [0.3, 0.4) is 0 Å². The predicted octanol–water partition coefficient (Wildman–Crippen LogP) is 4.55. The van der Waals surface area contributed by atoms with Crippen molar-refractivity contribution in [2.75, 3.05) is 6.61 Å². The second kappa shape index (κ2) is 8.15. The van der Waals surface area contributed by atoms with Gasteiger partial charge in [-0.15, -0.1) is 0 Å². The highest BCUT2D eigenvalue weighted by atomic mass is 16.5. The van der Waals surface area contributed by atoms with Crippen LogP contribution in [0.5, 0.6) is 0 Å². The third kappa shape index (κ3) is 5.55. The van der Waals surface area contributed by atoms with Crippen LogP contribution in [-0.4, -0.2) is 12.7 Å². The van der Waals surface area contributed by atoms with E-state index in [1.165, 1.54) is 57.8 Å². The van der Waals surface area contributed by atoms with Gasteiger partial charge in [0.15, 0.2) is 0 Å². The topological polar surface area (TPSA) is 9.23 Å². The van der Waals surface area contributed by atoms with Gasteiger partial charge in [-0.05, 0) is 38.0 Å². The van der Waals surface area contributed by atoms with Crippen LogP contribution in [0.1, 0.15) is 71.6 Å². The minimum absolute atomic E-state index is 0.592. The molecule has 0 radical (unpaired) electrons. The Morgan fingerprint density at radius 1 is 0.933 bits per heavy atom. The van der Waals surface area contributed by atoms with Gasteiger partial charge in [0.25, 0.3) is 0 Å². The molecule has 0 N–H and O–H groups in total. The van der Waals surface area contributed by atoms with Gasteiger partial charge in [-0.3, -0.25) is 0 Å². The van der Waals surface area contributed by atoms with Gasteiger partial charge in [-0.1, -0.05) is 39.5 Å². The maximum Gasteiger partial charge on any atom is 0.0575 e. The fraction of sp³-hybridized carbons (Fsp3) is 1.00. The molecule has 0 unspecified atom stereocenters. The summed E-state index contributed by atoms with van der Waals surface area (Å²) in [5, 5.41) is 0. The summed E-state index contributed by atoms with van der Waals surface area (Å²) in [4.78, 5) is 0. The van der Waals surface area contributed by atoms with E-state index in [2.05, 4.69) is 13.8 Å². The zero-order chi connectivity index (χ0) is 10.9. The van der Waals surface area contributed by atoms with Gasteiger partial charge in [0.05, 0.1) is 6.10 Å². The van der Waals surface area contributed by atoms with E-state index >= 15 is 0 Å². The first kappa shape index (κ1) is 13.0. The quantitative estimate of drug-likeness (QED) is 0.562. The molecular formula is C14H28O. The van der Waals surface area contributed by atoms with Crippen molar-refractivity contribution in [2.24, 2.45) is 5.92 Å². The molecule has 1 fully saturated rings. The molecule has 1 heteroatoms. The summed E-state index contributed by atoms with van der Waals surface area (Å²) in [6.45, 7) is 5.57. The normalized spacial score (nSPS) is 26.8. The van der Waals surface area contributed by atoms with Crippen LogP contribution in [0.2, 0.25) is 0 Å². The van der Waals surface area contributed by atoms with Crippen LogP contribution in [0.25, 0.3) is 0 Å². The van der Waals surface area contributed by atoms with Gasteiger partial charge in [0, 0.05) is 6.61 Å². The van der Waals surface area contributed by atoms with E-state index < -0.39 is 0 Å². The fourth-order valence-corrected chi connectivity index (χ4v) is 2.49. The molecule has 0 aromatic heterocycles. The zero-order valence-corrected chi connectivity index (χ0v) is 10.6. The molecule has 90 valence electrons. The van der Waals surface area contributed by atoms with Crippen LogP contribution < -0.4 is 0 Å². The highest BCUT2D eigenvalue weighted by Crippen LogP contribution is 2.28. The number of hydrogen-bond donors (Lipinski definition) is 0. The van der Waals surface area contributed by atoms with Crippen molar-refractivity contribution < 1.29 is 4.74 Å². The Kier molecular flexibility index (Phi) is 7.08. The number of unbranched alkanes of at least 4 members (excludes halogenated alkanes) is 3. The Morgan fingerprint density at radius 2 is 1.67 bits per heavy atom. The van der Waals surface area contributed by atoms with E-state index in [0.717, 1.165) is 12.5 Å². The minimum Gasteiger partial charge on any atom is -0.378 e. The molecule has 0 aromatic rings. The molecule has 0 atom stereocenters. The fourth-order valence-electron chi connectivity index (χ4n) is 2.49. The first-order valence-corrected chi connectivity index (χ1v) is 6.98.